The van der Waals surface area contributed by atoms with Crippen molar-refractivity contribution in [1.29, 1.82) is 0 Å². The molecule has 1 amide bonds. The smallest absolute Gasteiger partial charge is 0.308 e. The first-order valence-corrected chi connectivity index (χ1v) is 6.42. The molecule has 2 aromatic carbocycles. The second-order valence-electron chi connectivity index (χ2n) is 4.51. The predicted molar refractivity (Wildman–Crippen MR) is 78.2 cm³/mol. The minimum absolute atomic E-state index is 0.187. The second-order valence-corrected chi connectivity index (χ2v) is 4.51. The fourth-order valence-corrected chi connectivity index (χ4v) is 1.76. The Morgan fingerprint density at radius 2 is 1.78 bits per heavy atom. The lowest BCUT2D eigenvalue weighted by Gasteiger charge is -2.14. The number of non-ortho nitro benzene ring substituents is 1. The number of benzene rings is 2. The Morgan fingerprint density at radius 1 is 1.13 bits per heavy atom. The van der Waals surface area contributed by atoms with E-state index in [1.807, 2.05) is 0 Å². The van der Waals surface area contributed by atoms with Crippen LogP contribution in [0.2, 0.25) is 0 Å². The van der Waals surface area contributed by atoms with Gasteiger partial charge < -0.3 is 15.2 Å². The summed E-state index contributed by atoms with van der Waals surface area (Å²) in [6.45, 7) is 1.25. The quantitative estimate of drug-likeness (QED) is 0.397. The average molecular weight is 315 g/mol. The third-order valence-electron chi connectivity index (χ3n) is 2.80. The number of ether oxygens (including phenoxy) is 1. The van der Waals surface area contributed by atoms with Crippen LogP contribution in [0.4, 0.5) is 11.4 Å². The zero-order valence-corrected chi connectivity index (χ0v) is 11.9. The maximum Gasteiger partial charge on any atom is 0.308 e. The van der Waals surface area contributed by atoms with Crippen LogP contribution in [0.5, 0.6) is 11.5 Å². The number of nitro groups is 1. The molecule has 118 valence electrons. The fraction of sp³-hybridized carbons (Fsp3) is 0.0667. The maximum absolute atomic E-state index is 12.1. The summed E-state index contributed by atoms with van der Waals surface area (Å²) in [7, 11) is 0. The summed E-state index contributed by atoms with van der Waals surface area (Å²) in [6.07, 6.45) is 0. The van der Waals surface area contributed by atoms with E-state index in [2.05, 4.69) is 5.32 Å². The van der Waals surface area contributed by atoms with E-state index in [0.717, 1.165) is 18.2 Å². The van der Waals surface area contributed by atoms with Gasteiger partial charge >= 0.3 is 5.97 Å². The maximum atomic E-state index is 12.1. The van der Waals surface area contributed by atoms with Gasteiger partial charge in [0.15, 0.2) is 0 Å². The van der Waals surface area contributed by atoms with Gasteiger partial charge in [-0.05, 0) is 24.3 Å². The molecule has 2 aromatic rings. The summed E-state index contributed by atoms with van der Waals surface area (Å²) in [5.74, 6) is -1.37. The van der Waals surface area contributed by atoms with Gasteiger partial charge in [0.25, 0.3) is 11.6 Å². The number of carbonyl (C=O) groups is 2. The van der Waals surface area contributed by atoms with Crippen LogP contribution in [0.3, 0.4) is 0 Å². The molecule has 0 spiro atoms. The first-order valence-electron chi connectivity index (χ1n) is 6.42. The SMILES string of the molecule is CC(=O)Oc1ccc(C(=O)Nc2cc([N+](=O)[O-])ccc2[O-])cc1. The molecule has 8 heteroatoms. The van der Waals surface area contributed by atoms with Gasteiger partial charge in [0, 0.05) is 30.3 Å². The highest BCUT2D eigenvalue weighted by atomic mass is 16.6. The molecule has 0 atom stereocenters. The number of nitro benzene ring substituents is 1. The van der Waals surface area contributed by atoms with Crippen molar-refractivity contribution in [3.05, 3.63) is 58.1 Å². The lowest BCUT2D eigenvalue weighted by atomic mass is 10.2. The number of rotatable bonds is 4. The van der Waals surface area contributed by atoms with Gasteiger partial charge in [-0.1, -0.05) is 11.8 Å². The lowest BCUT2D eigenvalue weighted by Crippen LogP contribution is -2.13. The van der Waals surface area contributed by atoms with Crippen LogP contribution >= 0.6 is 0 Å². The van der Waals surface area contributed by atoms with Crippen LogP contribution in [0, 0.1) is 10.1 Å². The third kappa shape index (κ3) is 4.03. The van der Waals surface area contributed by atoms with Crippen LogP contribution in [0.25, 0.3) is 0 Å². The molecular formula is C15H11N2O6-. The third-order valence-corrected chi connectivity index (χ3v) is 2.80. The number of nitrogens with one attached hydrogen (secondary N) is 1. The Kier molecular flexibility index (Phi) is 4.55. The number of nitrogens with zero attached hydrogens (tertiary/aromatic N) is 1. The Bertz CT molecular complexity index is 770. The van der Waals surface area contributed by atoms with Crippen LogP contribution in [-0.4, -0.2) is 16.8 Å². The van der Waals surface area contributed by atoms with Crippen LogP contribution in [-0.2, 0) is 4.79 Å². The molecule has 0 aromatic heterocycles. The van der Waals surface area contributed by atoms with Gasteiger partial charge in [0.05, 0.1) is 4.92 Å². The molecule has 1 N–H and O–H groups in total. The van der Waals surface area contributed by atoms with Crippen molar-refractivity contribution in [1.82, 2.24) is 0 Å². The van der Waals surface area contributed by atoms with Crippen LogP contribution < -0.4 is 15.2 Å². The summed E-state index contributed by atoms with van der Waals surface area (Å²) in [4.78, 5) is 32.9. The summed E-state index contributed by atoms with van der Waals surface area (Å²) in [5.41, 5.74) is -0.287. The zero-order chi connectivity index (χ0) is 17.0. The van der Waals surface area contributed by atoms with Crippen molar-refractivity contribution in [2.75, 3.05) is 5.32 Å². The van der Waals surface area contributed by atoms with Gasteiger partial charge in [-0.3, -0.25) is 19.7 Å². The molecule has 0 bridgehead atoms. The summed E-state index contributed by atoms with van der Waals surface area (Å²) in [5, 5.41) is 24.7. The molecular weight excluding hydrogens is 304 g/mol. The molecule has 0 saturated carbocycles. The molecule has 0 heterocycles. The van der Waals surface area contributed by atoms with E-state index in [1.54, 1.807) is 0 Å². The zero-order valence-electron chi connectivity index (χ0n) is 11.9. The molecule has 0 aliphatic heterocycles. The molecule has 23 heavy (non-hydrogen) atoms. The average Bonchev–Trinajstić information content (AvgIpc) is 2.49. The Balaban J connectivity index is 2.17. The highest BCUT2D eigenvalue weighted by Crippen LogP contribution is 2.26. The van der Waals surface area contributed by atoms with E-state index >= 15 is 0 Å². The topological polar surface area (TPSA) is 122 Å². The van der Waals surface area contributed by atoms with E-state index in [-0.39, 0.29) is 22.7 Å². The summed E-state index contributed by atoms with van der Waals surface area (Å²) >= 11 is 0. The number of hydrogen-bond acceptors (Lipinski definition) is 6. The van der Waals surface area contributed by atoms with Crippen molar-refractivity contribution in [3.63, 3.8) is 0 Å². The number of amides is 1. The second kappa shape index (κ2) is 6.56. The molecule has 0 aliphatic carbocycles. The molecule has 0 fully saturated rings. The van der Waals surface area contributed by atoms with Crippen LogP contribution in [0.1, 0.15) is 17.3 Å². The van der Waals surface area contributed by atoms with E-state index in [0.29, 0.717) is 0 Å². The lowest BCUT2D eigenvalue weighted by molar-refractivity contribution is -0.385. The highest BCUT2D eigenvalue weighted by molar-refractivity contribution is 6.05. The van der Waals surface area contributed by atoms with Gasteiger partial charge in [-0.25, -0.2) is 0 Å². The predicted octanol–water partition coefficient (Wildman–Crippen LogP) is 1.85. The Hall–Kier alpha value is -3.42. The molecule has 0 saturated heterocycles. The normalized spacial score (nSPS) is 9.96. The fourth-order valence-electron chi connectivity index (χ4n) is 1.76. The molecule has 0 radical (unpaired) electrons. The molecule has 8 nitrogen and oxygen atoms in total. The van der Waals surface area contributed by atoms with E-state index in [4.69, 9.17) is 4.74 Å². The Labute approximate surface area is 130 Å². The molecule has 0 unspecified atom stereocenters. The number of anilines is 1. The van der Waals surface area contributed by atoms with E-state index < -0.39 is 22.5 Å². The van der Waals surface area contributed by atoms with E-state index in [9.17, 15) is 24.8 Å². The molecule has 2 rings (SSSR count). The van der Waals surface area contributed by atoms with Crippen molar-refractivity contribution in [2.24, 2.45) is 0 Å². The number of hydrogen-bond donors (Lipinski definition) is 1. The van der Waals surface area contributed by atoms with Crippen molar-refractivity contribution in [2.45, 2.75) is 6.92 Å². The Morgan fingerprint density at radius 3 is 2.35 bits per heavy atom. The number of esters is 1. The minimum atomic E-state index is -0.664. The highest BCUT2D eigenvalue weighted by Gasteiger charge is 2.11. The first kappa shape index (κ1) is 16.0. The van der Waals surface area contributed by atoms with Gasteiger partial charge in [-0.15, -0.1) is 0 Å². The van der Waals surface area contributed by atoms with Crippen molar-refractivity contribution in [3.8, 4) is 11.5 Å². The van der Waals surface area contributed by atoms with Gasteiger partial charge in [-0.2, -0.15) is 0 Å². The van der Waals surface area contributed by atoms with Crippen LogP contribution in [0.15, 0.2) is 42.5 Å². The minimum Gasteiger partial charge on any atom is -0.871 e. The number of carbonyl (C=O) groups excluding carboxylic acids is 2. The van der Waals surface area contributed by atoms with Gasteiger partial charge in [0.2, 0.25) is 0 Å². The largest absolute Gasteiger partial charge is 0.871 e. The summed E-state index contributed by atoms with van der Waals surface area (Å²) < 4.78 is 4.83. The van der Waals surface area contributed by atoms with Gasteiger partial charge in [0.1, 0.15) is 5.75 Å². The monoisotopic (exact) mass is 315 g/mol. The summed E-state index contributed by atoms with van der Waals surface area (Å²) in [6, 6.07) is 8.70. The van der Waals surface area contributed by atoms with E-state index in [1.165, 1.54) is 31.2 Å². The molecule has 0 aliphatic rings. The standard InChI is InChI=1S/C15H12N2O6/c1-9(18)23-12-5-2-10(3-6-12)15(20)16-13-8-11(17(21)22)4-7-14(13)19/h2-8,19H,1H3,(H,16,20)/p-1. The first-order chi connectivity index (χ1) is 10.9. The van der Waals surface area contributed by atoms with Crippen molar-refractivity contribution < 1.29 is 24.4 Å². The van der Waals surface area contributed by atoms with Crippen molar-refractivity contribution >= 4 is 23.3 Å².